The Morgan fingerprint density at radius 3 is 2.88 bits per heavy atom. The topological polar surface area (TPSA) is 48.5 Å². The van der Waals surface area contributed by atoms with Crippen LogP contribution in [-0.4, -0.2) is 55.1 Å². The molecule has 1 saturated carbocycles. The Balaban J connectivity index is 1.58. The van der Waals surface area contributed by atoms with Crippen molar-refractivity contribution >= 4 is 23.3 Å². The van der Waals surface area contributed by atoms with E-state index in [-0.39, 0.29) is 11.3 Å². The maximum Gasteiger partial charge on any atom is 0.228 e. The molecule has 2 aliphatic rings. The summed E-state index contributed by atoms with van der Waals surface area (Å²) in [5.41, 5.74) is -0.259. The summed E-state index contributed by atoms with van der Waals surface area (Å²) in [5.74, 6) is 1.02. The zero-order valence-electron chi connectivity index (χ0n) is 14.8. The highest BCUT2D eigenvalue weighted by molar-refractivity contribution is 6.29. The summed E-state index contributed by atoms with van der Waals surface area (Å²) in [6.45, 7) is 3.96. The molecule has 1 aromatic rings. The van der Waals surface area contributed by atoms with Crippen molar-refractivity contribution < 1.29 is 4.79 Å². The molecule has 2 heterocycles. The maximum atomic E-state index is 12.8. The van der Waals surface area contributed by atoms with Crippen molar-refractivity contribution in [2.24, 2.45) is 5.41 Å². The van der Waals surface area contributed by atoms with Crippen LogP contribution in [0.3, 0.4) is 0 Å². The van der Waals surface area contributed by atoms with E-state index in [9.17, 15) is 4.79 Å². The average Bonchev–Trinajstić information content (AvgIpc) is 3.32. The molecule has 1 N–H and O–H groups in total. The third kappa shape index (κ3) is 3.83. The molecule has 0 spiro atoms. The summed E-state index contributed by atoms with van der Waals surface area (Å²) in [6, 6.07) is 6.41. The molecule has 1 amide bonds. The first-order valence-corrected chi connectivity index (χ1v) is 9.12. The highest BCUT2D eigenvalue weighted by atomic mass is 35.5. The summed E-state index contributed by atoms with van der Waals surface area (Å²) < 4.78 is 0. The molecule has 6 heteroatoms. The molecule has 24 heavy (non-hydrogen) atoms. The van der Waals surface area contributed by atoms with Crippen molar-refractivity contribution in [3.63, 3.8) is 0 Å². The number of piperidine rings is 1. The van der Waals surface area contributed by atoms with E-state index in [1.165, 1.54) is 0 Å². The summed E-state index contributed by atoms with van der Waals surface area (Å²) in [4.78, 5) is 21.5. The Hall–Kier alpha value is -1.33. The normalized spacial score (nSPS) is 26.0. The number of pyridine rings is 1. The number of nitrogens with zero attached hydrogens (tertiary/aromatic N) is 3. The van der Waals surface area contributed by atoms with Crippen molar-refractivity contribution in [1.82, 2.24) is 15.2 Å². The van der Waals surface area contributed by atoms with Crippen molar-refractivity contribution in [2.45, 2.75) is 44.7 Å². The first kappa shape index (κ1) is 17.5. The first-order valence-electron chi connectivity index (χ1n) is 8.74. The second-order valence-electron chi connectivity index (χ2n) is 7.48. The first-order chi connectivity index (χ1) is 11.4. The van der Waals surface area contributed by atoms with Gasteiger partial charge < -0.3 is 15.1 Å². The summed E-state index contributed by atoms with van der Waals surface area (Å²) in [7, 11) is 4.13. The predicted molar refractivity (Wildman–Crippen MR) is 97.4 cm³/mol. The van der Waals surface area contributed by atoms with Crippen LogP contribution < -0.4 is 10.2 Å². The summed E-state index contributed by atoms with van der Waals surface area (Å²) >= 11 is 5.97. The Kier molecular flexibility index (Phi) is 5.02. The van der Waals surface area contributed by atoms with Crippen LogP contribution in [0, 0.1) is 5.41 Å². The minimum atomic E-state index is -0.259. The Bertz CT molecular complexity index is 604. The van der Waals surface area contributed by atoms with E-state index in [0.717, 1.165) is 38.0 Å². The van der Waals surface area contributed by atoms with Crippen molar-refractivity contribution in [3.8, 4) is 0 Å². The third-order valence-corrected chi connectivity index (χ3v) is 5.72. The molecule has 5 nitrogen and oxygen atoms in total. The molecule has 1 aliphatic carbocycles. The summed E-state index contributed by atoms with van der Waals surface area (Å²) in [5, 5.41) is 3.78. The molecule has 2 atom stereocenters. The van der Waals surface area contributed by atoms with Gasteiger partial charge in [0.25, 0.3) is 0 Å². The van der Waals surface area contributed by atoms with E-state index in [1.54, 1.807) is 6.07 Å². The Morgan fingerprint density at radius 2 is 2.25 bits per heavy atom. The van der Waals surface area contributed by atoms with Gasteiger partial charge in [0.15, 0.2) is 0 Å². The predicted octanol–water partition coefficient (Wildman–Crippen LogP) is 2.55. The highest BCUT2D eigenvalue weighted by Crippen LogP contribution is 2.47. The number of nitrogens with one attached hydrogen (secondary N) is 1. The Morgan fingerprint density at radius 1 is 1.50 bits per heavy atom. The summed E-state index contributed by atoms with van der Waals surface area (Å²) in [6.07, 6.45) is 3.97. The van der Waals surface area contributed by atoms with Crippen LogP contribution in [-0.2, 0) is 4.79 Å². The van der Waals surface area contributed by atoms with Gasteiger partial charge in [-0.3, -0.25) is 4.79 Å². The molecule has 2 fully saturated rings. The number of carbonyl (C=O) groups is 1. The lowest BCUT2D eigenvalue weighted by atomic mass is 9.97. The van der Waals surface area contributed by atoms with Crippen LogP contribution in [0.4, 0.5) is 5.82 Å². The standard InChI is InChI=1S/C18H27ClN4O/c1-13-11-14(7-10-22(13)2)20-17(24)18(8-9-18)12-23(3)16-6-4-5-15(19)21-16/h4-6,13-14H,7-12H2,1-3H3,(H,20,24)/t13-,14-/m1/s1. The lowest BCUT2D eigenvalue weighted by Crippen LogP contribution is -2.50. The van der Waals surface area contributed by atoms with Gasteiger partial charge in [0.2, 0.25) is 5.91 Å². The molecule has 132 valence electrons. The fraction of sp³-hybridized carbons (Fsp3) is 0.667. The SMILES string of the molecule is C[C@@H]1C[C@H](NC(=O)C2(CN(C)c3cccc(Cl)n3)CC2)CCN1C. The van der Waals surface area contributed by atoms with Gasteiger partial charge >= 0.3 is 0 Å². The zero-order valence-corrected chi connectivity index (χ0v) is 15.5. The molecular weight excluding hydrogens is 324 g/mol. The zero-order chi connectivity index (χ0) is 17.3. The largest absolute Gasteiger partial charge is 0.359 e. The minimum absolute atomic E-state index is 0.207. The van der Waals surface area contributed by atoms with E-state index < -0.39 is 0 Å². The van der Waals surface area contributed by atoms with Crippen LogP contribution in [0.25, 0.3) is 0 Å². The Labute approximate surface area is 149 Å². The van der Waals surface area contributed by atoms with Gasteiger partial charge in [-0.05, 0) is 51.8 Å². The van der Waals surface area contributed by atoms with E-state index in [2.05, 4.69) is 29.2 Å². The molecule has 0 bridgehead atoms. The molecular formula is C18H27ClN4O. The number of hydrogen-bond donors (Lipinski definition) is 1. The smallest absolute Gasteiger partial charge is 0.228 e. The van der Waals surface area contributed by atoms with Crippen molar-refractivity contribution in [3.05, 3.63) is 23.4 Å². The van der Waals surface area contributed by atoms with Crippen LogP contribution in [0.1, 0.15) is 32.6 Å². The molecule has 3 rings (SSSR count). The highest BCUT2D eigenvalue weighted by Gasteiger charge is 2.51. The van der Waals surface area contributed by atoms with Gasteiger partial charge in [-0.1, -0.05) is 17.7 Å². The number of carbonyl (C=O) groups excluding carboxylic acids is 1. The van der Waals surface area contributed by atoms with Gasteiger partial charge in [-0.25, -0.2) is 4.98 Å². The number of rotatable bonds is 5. The van der Waals surface area contributed by atoms with Crippen molar-refractivity contribution in [2.75, 3.05) is 32.1 Å². The molecule has 0 radical (unpaired) electrons. The number of halogens is 1. The fourth-order valence-electron chi connectivity index (χ4n) is 3.51. The third-order valence-electron chi connectivity index (χ3n) is 5.51. The fourth-order valence-corrected chi connectivity index (χ4v) is 3.67. The lowest BCUT2D eigenvalue weighted by molar-refractivity contribution is -0.127. The van der Waals surface area contributed by atoms with Gasteiger partial charge in [-0.15, -0.1) is 0 Å². The van der Waals surface area contributed by atoms with Crippen molar-refractivity contribution in [1.29, 1.82) is 0 Å². The molecule has 1 aromatic heterocycles. The molecule has 1 saturated heterocycles. The van der Waals surface area contributed by atoms with Crippen LogP contribution >= 0.6 is 11.6 Å². The van der Waals surface area contributed by atoms with E-state index in [4.69, 9.17) is 11.6 Å². The minimum Gasteiger partial charge on any atom is -0.359 e. The van der Waals surface area contributed by atoms with Gasteiger partial charge in [-0.2, -0.15) is 0 Å². The molecule has 0 unspecified atom stereocenters. The second kappa shape index (κ2) is 6.89. The van der Waals surface area contributed by atoms with Crippen LogP contribution in [0.5, 0.6) is 0 Å². The number of likely N-dealkylation sites (tertiary alicyclic amines) is 1. The van der Waals surface area contributed by atoms with E-state index >= 15 is 0 Å². The van der Waals surface area contributed by atoms with E-state index in [1.807, 2.05) is 24.1 Å². The number of aromatic nitrogens is 1. The van der Waals surface area contributed by atoms with Crippen LogP contribution in [0.15, 0.2) is 18.2 Å². The van der Waals surface area contributed by atoms with Gasteiger partial charge in [0.1, 0.15) is 11.0 Å². The van der Waals surface area contributed by atoms with Gasteiger partial charge in [0.05, 0.1) is 5.41 Å². The monoisotopic (exact) mass is 350 g/mol. The molecule has 1 aliphatic heterocycles. The second-order valence-corrected chi connectivity index (χ2v) is 7.87. The number of amides is 1. The average molecular weight is 351 g/mol. The molecule has 0 aromatic carbocycles. The lowest BCUT2D eigenvalue weighted by Gasteiger charge is -2.36. The number of hydrogen-bond acceptors (Lipinski definition) is 4. The van der Waals surface area contributed by atoms with Gasteiger partial charge in [0, 0.05) is 32.2 Å². The van der Waals surface area contributed by atoms with E-state index in [0.29, 0.717) is 23.8 Å². The van der Waals surface area contributed by atoms with Crippen LogP contribution in [0.2, 0.25) is 5.15 Å². The quantitative estimate of drug-likeness (QED) is 0.829. The maximum absolute atomic E-state index is 12.8. The number of anilines is 1.